The molecule has 0 aromatic rings. The maximum absolute atomic E-state index is 11.8. The van der Waals surface area contributed by atoms with Crippen molar-refractivity contribution in [3.05, 3.63) is 0 Å². The molecular weight excluding hydrogens is 322 g/mol. The van der Waals surface area contributed by atoms with Crippen LogP contribution in [0.2, 0.25) is 0 Å². The van der Waals surface area contributed by atoms with E-state index < -0.39 is 30.0 Å². The van der Waals surface area contributed by atoms with Crippen LogP contribution in [-0.2, 0) is 9.59 Å². The molecule has 0 heterocycles. The highest BCUT2D eigenvalue weighted by Gasteiger charge is 2.50. The number of nitrogens with zero attached hydrogens (tertiary/aromatic N) is 1. The summed E-state index contributed by atoms with van der Waals surface area (Å²) < 4.78 is 0. The van der Waals surface area contributed by atoms with Crippen LogP contribution in [0.15, 0.2) is 4.99 Å². The second-order valence-electron chi connectivity index (χ2n) is 7.15. The van der Waals surface area contributed by atoms with Crippen molar-refractivity contribution in [1.29, 1.82) is 0 Å². The van der Waals surface area contributed by atoms with E-state index in [1.165, 1.54) is 6.92 Å². The minimum atomic E-state index is -1.06. The first-order valence-corrected chi connectivity index (χ1v) is 9.20. The van der Waals surface area contributed by atoms with Gasteiger partial charge in [-0.25, -0.2) is 0 Å². The number of amides is 1. The van der Waals surface area contributed by atoms with Crippen LogP contribution in [0.25, 0.3) is 0 Å². The fourth-order valence-corrected chi connectivity index (χ4v) is 4.16. The van der Waals surface area contributed by atoms with E-state index in [9.17, 15) is 19.8 Å². The topological polar surface area (TPSA) is 125 Å². The van der Waals surface area contributed by atoms with Crippen molar-refractivity contribution in [2.75, 3.05) is 0 Å². The number of aliphatic imine (C=N–C) groups is 1. The average molecular weight is 355 g/mol. The number of nitrogens with two attached hydrogens (primary N) is 1. The summed E-state index contributed by atoms with van der Waals surface area (Å²) in [5.74, 6) is -2.03. The summed E-state index contributed by atoms with van der Waals surface area (Å²) in [7, 11) is 0. The van der Waals surface area contributed by atoms with E-state index in [1.807, 2.05) is 0 Å². The zero-order chi connectivity index (χ0) is 19.1. The number of carboxylic acids is 1. The van der Waals surface area contributed by atoms with Crippen molar-refractivity contribution in [3.63, 3.8) is 0 Å². The van der Waals surface area contributed by atoms with Gasteiger partial charge >= 0.3 is 5.97 Å². The normalized spacial score (nSPS) is 28.2. The van der Waals surface area contributed by atoms with Gasteiger partial charge in [0.1, 0.15) is 0 Å². The highest BCUT2D eigenvalue weighted by atomic mass is 16.4. The maximum atomic E-state index is 11.8. The second-order valence-corrected chi connectivity index (χ2v) is 7.15. The Morgan fingerprint density at radius 3 is 2.20 bits per heavy atom. The maximum Gasteiger partial charge on any atom is 0.309 e. The Morgan fingerprint density at radius 1 is 1.24 bits per heavy atom. The van der Waals surface area contributed by atoms with E-state index in [4.69, 9.17) is 5.73 Å². The number of amidine groups is 1. The zero-order valence-electron chi connectivity index (χ0n) is 15.7. The van der Waals surface area contributed by atoms with Gasteiger partial charge in [-0.05, 0) is 32.1 Å². The second kappa shape index (κ2) is 9.75. The van der Waals surface area contributed by atoms with Gasteiger partial charge in [0.25, 0.3) is 0 Å². The Balaban J connectivity index is 3.26. The first-order valence-electron chi connectivity index (χ1n) is 9.20. The van der Waals surface area contributed by atoms with Crippen molar-refractivity contribution < 1.29 is 19.8 Å². The fraction of sp³-hybridized carbons (Fsp3) is 0.833. The Labute approximate surface area is 150 Å². The third kappa shape index (κ3) is 5.70. The molecule has 1 amide bonds. The van der Waals surface area contributed by atoms with Crippen molar-refractivity contribution in [3.8, 4) is 0 Å². The Hall–Kier alpha value is -1.63. The molecule has 0 spiro atoms. The lowest BCUT2D eigenvalue weighted by atomic mass is 9.79. The molecule has 7 heteroatoms. The quantitative estimate of drug-likeness (QED) is 0.369. The van der Waals surface area contributed by atoms with E-state index in [2.05, 4.69) is 24.2 Å². The van der Waals surface area contributed by atoms with Gasteiger partial charge in [-0.1, -0.05) is 26.7 Å². The van der Waals surface area contributed by atoms with Gasteiger partial charge in [0.2, 0.25) is 5.91 Å². The third-order valence-electron chi connectivity index (χ3n) is 5.04. The summed E-state index contributed by atoms with van der Waals surface area (Å²) in [5, 5.41) is 23.1. The number of carbonyl (C=O) groups is 2. The van der Waals surface area contributed by atoms with Crippen LogP contribution in [0.4, 0.5) is 0 Å². The summed E-state index contributed by atoms with van der Waals surface area (Å²) in [6.45, 7) is 7.27. The van der Waals surface area contributed by atoms with E-state index in [-0.39, 0.29) is 24.3 Å². The van der Waals surface area contributed by atoms with Gasteiger partial charge in [0.15, 0.2) is 0 Å². The Kier molecular flexibility index (Phi) is 8.35. The molecule has 0 radical (unpaired) electrons. The van der Waals surface area contributed by atoms with Crippen LogP contribution in [-0.4, -0.2) is 46.1 Å². The standard InChI is InChI=1S/C18H33N3O4/c1-5-7-12(8-6-2)16(21-11(4)22)15-14(20-10(3)19)9-13(17(15)23)18(24)25/h12-17,23H,5-9H2,1-4H3,(H2,19,20)(H,21,22)(H,24,25). The molecule has 5 N–H and O–H groups in total. The highest BCUT2D eigenvalue weighted by molar-refractivity contribution is 5.78. The van der Waals surface area contributed by atoms with Gasteiger partial charge < -0.3 is 21.3 Å². The number of hydrogen-bond donors (Lipinski definition) is 4. The number of carboxylic acid groups (broad SMARTS) is 1. The van der Waals surface area contributed by atoms with Crippen molar-refractivity contribution in [2.45, 2.75) is 78.0 Å². The lowest BCUT2D eigenvalue weighted by molar-refractivity contribution is -0.145. The zero-order valence-corrected chi connectivity index (χ0v) is 15.7. The van der Waals surface area contributed by atoms with Gasteiger partial charge in [-0.2, -0.15) is 0 Å². The van der Waals surface area contributed by atoms with Crippen molar-refractivity contribution in [1.82, 2.24) is 5.32 Å². The molecule has 1 aliphatic rings. The molecule has 1 saturated carbocycles. The molecule has 1 rings (SSSR count). The number of aliphatic hydroxyl groups excluding tert-OH is 1. The molecule has 7 nitrogen and oxygen atoms in total. The molecule has 1 aliphatic carbocycles. The predicted octanol–water partition coefficient (Wildman–Crippen LogP) is 1.53. The lowest BCUT2D eigenvalue weighted by Gasteiger charge is -2.36. The summed E-state index contributed by atoms with van der Waals surface area (Å²) in [4.78, 5) is 27.7. The number of nitrogens with one attached hydrogen (secondary N) is 1. The molecule has 5 atom stereocenters. The first kappa shape index (κ1) is 21.4. The molecule has 0 saturated heterocycles. The van der Waals surface area contributed by atoms with Crippen LogP contribution < -0.4 is 11.1 Å². The number of rotatable bonds is 9. The van der Waals surface area contributed by atoms with Gasteiger partial charge in [-0.15, -0.1) is 0 Å². The molecule has 0 aliphatic heterocycles. The monoisotopic (exact) mass is 355 g/mol. The molecule has 5 unspecified atom stereocenters. The third-order valence-corrected chi connectivity index (χ3v) is 5.04. The number of aliphatic hydroxyl groups is 1. The number of aliphatic carboxylic acids is 1. The van der Waals surface area contributed by atoms with Crippen LogP contribution in [0.5, 0.6) is 0 Å². The summed E-state index contributed by atoms with van der Waals surface area (Å²) >= 11 is 0. The molecule has 0 aromatic carbocycles. The van der Waals surface area contributed by atoms with Crippen LogP contribution in [0.1, 0.15) is 59.8 Å². The van der Waals surface area contributed by atoms with E-state index in [0.717, 1.165) is 25.7 Å². The molecular formula is C18H33N3O4. The molecule has 1 fully saturated rings. The average Bonchev–Trinajstić information content (AvgIpc) is 2.80. The van der Waals surface area contributed by atoms with Gasteiger partial charge in [0, 0.05) is 18.9 Å². The summed E-state index contributed by atoms with van der Waals surface area (Å²) in [6.07, 6.45) is 2.89. The molecule has 0 aromatic heterocycles. The number of carbonyl (C=O) groups excluding carboxylic acids is 1. The highest BCUT2D eigenvalue weighted by Crippen LogP contribution is 2.40. The van der Waals surface area contributed by atoms with Gasteiger partial charge in [0.05, 0.1) is 23.9 Å². The van der Waals surface area contributed by atoms with E-state index in [1.54, 1.807) is 6.92 Å². The largest absolute Gasteiger partial charge is 0.481 e. The molecule has 0 bridgehead atoms. The number of hydrogen-bond acceptors (Lipinski definition) is 4. The fourth-order valence-electron chi connectivity index (χ4n) is 4.16. The van der Waals surface area contributed by atoms with Crippen LogP contribution in [0.3, 0.4) is 0 Å². The Morgan fingerprint density at radius 2 is 1.80 bits per heavy atom. The molecule has 25 heavy (non-hydrogen) atoms. The SMILES string of the molecule is CCCC(CCC)C(NC(C)=O)C1C(N=C(C)N)CC(C(=O)O)C1O. The van der Waals surface area contributed by atoms with Crippen molar-refractivity contribution >= 4 is 17.7 Å². The van der Waals surface area contributed by atoms with Crippen LogP contribution in [0, 0.1) is 17.8 Å². The van der Waals surface area contributed by atoms with Crippen LogP contribution >= 0.6 is 0 Å². The van der Waals surface area contributed by atoms with E-state index >= 15 is 0 Å². The van der Waals surface area contributed by atoms with Gasteiger partial charge in [-0.3, -0.25) is 14.6 Å². The minimum absolute atomic E-state index is 0.168. The van der Waals surface area contributed by atoms with E-state index in [0.29, 0.717) is 5.84 Å². The first-order chi connectivity index (χ1) is 11.7. The summed E-state index contributed by atoms with van der Waals surface area (Å²) in [5.41, 5.74) is 5.73. The Bertz CT molecular complexity index is 485. The summed E-state index contributed by atoms with van der Waals surface area (Å²) in [6, 6.07) is -0.723. The predicted molar refractivity (Wildman–Crippen MR) is 97.2 cm³/mol. The minimum Gasteiger partial charge on any atom is -0.481 e. The smallest absolute Gasteiger partial charge is 0.309 e. The lowest BCUT2D eigenvalue weighted by Crippen LogP contribution is -2.51. The van der Waals surface area contributed by atoms with Crippen molar-refractivity contribution in [2.24, 2.45) is 28.5 Å². The molecule has 144 valence electrons.